The highest BCUT2D eigenvalue weighted by molar-refractivity contribution is 5.91. The van der Waals surface area contributed by atoms with E-state index in [1.54, 1.807) is 9.80 Å². The zero-order valence-electron chi connectivity index (χ0n) is 23.9. The fourth-order valence-electron chi connectivity index (χ4n) is 5.36. The number of amides is 3. The van der Waals surface area contributed by atoms with Gasteiger partial charge in [-0.05, 0) is 56.9 Å². The van der Waals surface area contributed by atoms with E-state index in [1.807, 2.05) is 68.2 Å². The van der Waals surface area contributed by atoms with Crippen LogP contribution in [-0.2, 0) is 14.3 Å². The van der Waals surface area contributed by atoms with Gasteiger partial charge in [0.2, 0.25) is 11.8 Å². The smallest absolute Gasteiger partial charge is 0.409 e. The molecule has 1 N–H and O–H groups in total. The van der Waals surface area contributed by atoms with Crippen LogP contribution in [0.5, 0.6) is 0 Å². The van der Waals surface area contributed by atoms with Gasteiger partial charge in [-0.1, -0.05) is 61.8 Å². The summed E-state index contributed by atoms with van der Waals surface area (Å²) in [6.45, 7) is 12.0. The number of nitrogens with one attached hydrogen (secondary N) is 1. The van der Waals surface area contributed by atoms with Gasteiger partial charge in [0.1, 0.15) is 6.04 Å². The maximum Gasteiger partial charge on any atom is 0.409 e. The number of carbonyl (C=O) groups excluding carboxylic acids is 3. The van der Waals surface area contributed by atoms with E-state index in [1.165, 1.54) is 13.5 Å². The Bertz CT molecular complexity index is 1080. The van der Waals surface area contributed by atoms with Crippen LogP contribution in [0.1, 0.15) is 63.1 Å². The molecule has 1 aliphatic heterocycles. The Kier molecular flexibility index (Phi) is 11.3. The van der Waals surface area contributed by atoms with Gasteiger partial charge in [-0.2, -0.15) is 0 Å². The van der Waals surface area contributed by atoms with Gasteiger partial charge >= 0.3 is 6.09 Å². The van der Waals surface area contributed by atoms with Crippen LogP contribution in [0.4, 0.5) is 4.79 Å². The molecule has 1 saturated heterocycles. The van der Waals surface area contributed by atoms with Crippen molar-refractivity contribution in [2.24, 2.45) is 0 Å². The minimum Gasteiger partial charge on any atom is -0.453 e. The first-order valence-electron chi connectivity index (χ1n) is 14.0. The molecule has 1 aromatic rings. The Hall–Kier alpha value is -3.39. The molecule has 39 heavy (non-hydrogen) atoms. The lowest BCUT2D eigenvalue weighted by atomic mass is 9.93. The first-order chi connectivity index (χ1) is 18.7. The molecule has 1 heterocycles. The molecule has 1 aromatic carbocycles. The Balaban J connectivity index is 1.99. The van der Waals surface area contributed by atoms with Crippen molar-refractivity contribution in [2.75, 3.05) is 39.8 Å². The Morgan fingerprint density at radius 1 is 1.13 bits per heavy atom. The van der Waals surface area contributed by atoms with Crippen LogP contribution in [-0.4, -0.2) is 78.5 Å². The monoisotopic (exact) mass is 536 g/mol. The summed E-state index contributed by atoms with van der Waals surface area (Å²) in [5, 5.41) is 3.28. The van der Waals surface area contributed by atoms with Crippen molar-refractivity contribution in [3.8, 4) is 0 Å². The van der Waals surface area contributed by atoms with Crippen LogP contribution < -0.4 is 5.32 Å². The topological polar surface area (TPSA) is 82.2 Å². The SMILES string of the molecule is C=C(C)C=C(C=CC)N(C(=O)CN1CCN(C(=O)OC)CC1)C(C(=O)NC1CCCCC1)c1ccccc1C. The molecule has 0 bridgehead atoms. The third-order valence-electron chi connectivity index (χ3n) is 7.38. The zero-order chi connectivity index (χ0) is 28.4. The van der Waals surface area contributed by atoms with Gasteiger partial charge in [0.15, 0.2) is 0 Å². The fourth-order valence-corrected chi connectivity index (χ4v) is 5.36. The molecule has 1 atom stereocenters. The summed E-state index contributed by atoms with van der Waals surface area (Å²) in [7, 11) is 1.37. The Morgan fingerprint density at radius 3 is 2.38 bits per heavy atom. The summed E-state index contributed by atoms with van der Waals surface area (Å²) in [5.41, 5.74) is 3.15. The first kappa shape index (κ1) is 30.2. The second-order valence-electron chi connectivity index (χ2n) is 10.5. The van der Waals surface area contributed by atoms with Crippen LogP contribution >= 0.6 is 0 Å². The van der Waals surface area contributed by atoms with Gasteiger partial charge in [-0.15, -0.1) is 0 Å². The number of benzene rings is 1. The van der Waals surface area contributed by atoms with Gasteiger partial charge in [0.05, 0.1) is 13.7 Å². The number of rotatable bonds is 9. The van der Waals surface area contributed by atoms with Gasteiger partial charge in [0.25, 0.3) is 0 Å². The standard InChI is InChI=1S/C31H44N4O4/c1-6-12-26(21-23(2)3)35(28(36)22-33-17-19-34(20-18-33)31(38)39-5)29(27-16-11-10-13-24(27)4)30(37)32-25-14-8-7-9-15-25/h6,10-13,16,21,25,29H,2,7-9,14-15,17-20,22H2,1,3-5H3,(H,32,37). The molecule has 0 spiro atoms. The molecule has 2 aliphatic rings. The van der Waals surface area contributed by atoms with Crippen molar-refractivity contribution in [3.63, 3.8) is 0 Å². The highest BCUT2D eigenvalue weighted by atomic mass is 16.5. The first-order valence-corrected chi connectivity index (χ1v) is 14.0. The summed E-state index contributed by atoms with van der Waals surface area (Å²) < 4.78 is 4.85. The van der Waals surface area contributed by atoms with E-state index >= 15 is 0 Å². The van der Waals surface area contributed by atoms with E-state index in [-0.39, 0.29) is 30.5 Å². The van der Waals surface area contributed by atoms with Crippen molar-refractivity contribution < 1.29 is 19.1 Å². The minimum absolute atomic E-state index is 0.108. The second-order valence-corrected chi connectivity index (χ2v) is 10.5. The predicted molar refractivity (Wildman–Crippen MR) is 154 cm³/mol. The highest BCUT2D eigenvalue weighted by Crippen LogP contribution is 2.30. The van der Waals surface area contributed by atoms with E-state index < -0.39 is 6.04 Å². The summed E-state index contributed by atoms with van der Waals surface area (Å²) >= 11 is 0. The Morgan fingerprint density at radius 2 is 1.79 bits per heavy atom. The number of methoxy groups -OCH3 is 1. The third kappa shape index (κ3) is 8.30. The van der Waals surface area contributed by atoms with Crippen molar-refractivity contribution in [1.82, 2.24) is 20.0 Å². The van der Waals surface area contributed by atoms with E-state index in [9.17, 15) is 14.4 Å². The molecule has 8 heteroatoms. The second kappa shape index (κ2) is 14.7. The third-order valence-corrected chi connectivity index (χ3v) is 7.38. The fraction of sp³-hybridized carbons (Fsp3) is 0.516. The van der Waals surface area contributed by atoms with Crippen LogP contribution in [0.2, 0.25) is 0 Å². The maximum absolute atomic E-state index is 14.2. The van der Waals surface area contributed by atoms with Crippen LogP contribution in [0.15, 0.2) is 60.3 Å². The maximum atomic E-state index is 14.2. The normalized spacial score (nSPS) is 18.1. The lowest BCUT2D eigenvalue weighted by Gasteiger charge is -2.38. The molecule has 212 valence electrons. The quantitative estimate of drug-likeness (QED) is 0.462. The molecule has 1 saturated carbocycles. The largest absolute Gasteiger partial charge is 0.453 e. The number of nitrogens with zero attached hydrogens (tertiary/aromatic N) is 3. The zero-order valence-corrected chi connectivity index (χ0v) is 23.9. The molecular weight excluding hydrogens is 492 g/mol. The summed E-state index contributed by atoms with van der Waals surface area (Å²) in [6.07, 6.45) is 10.5. The molecule has 8 nitrogen and oxygen atoms in total. The van der Waals surface area contributed by atoms with Crippen molar-refractivity contribution in [2.45, 2.75) is 65.0 Å². The number of aryl methyl sites for hydroxylation is 1. The van der Waals surface area contributed by atoms with Crippen molar-refractivity contribution in [1.29, 1.82) is 0 Å². The van der Waals surface area contributed by atoms with Gasteiger partial charge in [-0.25, -0.2) is 4.79 Å². The average molecular weight is 537 g/mol. The molecule has 1 unspecified atom stereocenters. The van der Waals surface area contributed by atoms with Gasteiger partial charge in [-0.3, -0.25) is 19.4 Å². The number of ether oxygens (including phenoxy) is 1. The molecule has 1 aliphatic carbocycles. The Labute approximate surface area is 233 Å². The number of piperazine rings is 1. The molecular formula is C31H44N4O4. The van der Waals surface area contributed by atoms with E-state index in [0.717, 1.165) is 42.4 Å². The minimum atomic E-state index is -0.834. The lowest BCUT2D eigenvalue weighted by Crippen LogP contribution is -2.53. The number of allylic oxidation sites excluding steroid dienone is 4. The van der Waals surface area contributed by atoms with Gasteiger partial charge < -0.3 is 15.0 Å². The lowest BCUT2D eigenvalue weighted by molar-refractivity contribution is -0.139. The van der Waals surface area contributed by atoms with Crippen LogP contribution in [0.25, 0.3) is 0 Å². The predicted octanol–water partition coefficient (Wildman–Crippen LogP) is 4.73. The van der Waals surface area contributed by atoms with Crippen LogP contribution in [0, 0.1) is 6.92 Å². The molecule has 3 amide bonds. The average Bonchev–Trinajstić information content (AvgIpc) is 2.92. The molecule has 0 aromatic heterocycles. The molecule has 3 rings (SSSR count). The highest BCUT2D eigenvalue weighted by Gasteiger charge is 2.36. The number of hydrogen-bond donors (Lipinski definition) is 1. The summed E-state index contributed by atoms with van der Waals surface area (Å²) in [5.74, 6) is -0.351. The number of carbonyl (C=O) groups is 3. The van der Waals surface area contributed by atoms with E-state index in [0.29, 0.717) is 31.9 Å². The van der Waals surface area contributed by atoms with Gasteiger partial charge in [0, 0.05) is 37.9 Å². The van der Waals surface area contributed by atoms with E-state index in [2.05, 4.69) is 11.9 Å². The van der Waals surface area contributed by atoms with Crippen molar-refractivity contribution >= 4 is 17.9 Å². The van der Waals surface area contributed by atoms with Crippen LogP contribution in [0.3, 0.4) is 0 Å². The molecule has 0 radical (unpaired) electrons. The summed E-state index contributed by atoms with van der Waals surface area (Å²) in [6, 6.07) is 7.04. The number of hydrogen-bond acceptors (Lipinski definition) is 5. The van der Waals surface area contributed by atoms with Crippen molar-refractivity contribution in [3.05, 3.63) is 71.5 Å². The summed E-state index contributed by atoms with van der Waals surface area (Å²) in [4.78, 5) is 45.5. The molecule has 2 fully saturated rings. The van der Waals surface area contributed by atoms with E-state index in [4.69, 9.17) is 4.74 Å².